The first-order valence-corrected chi connectivity index (χ1v) is 8.67. The number of likely N-dealkylation sites (N-methyl/N-ethyl adjacent to an activating group) is 1. The van der Waals surface area contributed by atoms with E-state index >= 15 is 0 Å². The Balaban J connectivity index is 1.46. The quantitative estimate of drug-likeness (QED) is 0.843. The second-order valence-corrected chi connectivity index (χ2v) is 7.22. The Bertz CT molecular complexity index is 701. The van der Waals surface area contributed by atoms with Crippen LogP contribution in [0.1, 0.15) is 18.0 Å². The van der Waals surface area contributed by atoms with Gasteiger partial charge in [0.15, 0.2) is 0 Å². The molecule has 4 rings (SSSR count). The molecular weight excluding hydrogens is 320 g/mol. The van der Waals surface area contributed by atoms with Gasteiger partial charge in [-0.25, -0.2) is 9.97 Å². The summed E-state index contributed by atoms with van der Waals surface area (Å²) in [4.78, 5) is 15.4. The maximum absolute atomic E-state index is 10.1. The Morgan fingerprint density at radius 1 is 1.24 bits per heavy atom. The summed E-state index contributed by atoms with van der Waals surface area (Å²) < 4.78 is 4.92. The van der Waals surface area contributed by atoms with Crippen LogP contribution >= 0.6 is 0 Å². The van der Waals surface area contributed by atoms with Crippen LogP contribution in [0.5, 0.6) is 0 Å². The summed E-state index contributed by atoms with van der Waals surface area (Å²) in [6, 6.07) is 4.22. The van der Waals surface area contributed by atoms with Crippen molar-refractivity contribution in [3.8, 4) is 0 Å². The van der Waals surface area contributed by atoms with Crippen LogP contribution in [0.25, 0.3) is 0 Å². The lowest BCUT2D eigenvalue weighted by Crippen LogP contribution is -2.46. The van der Waals surface area contributed by atoms with Gasteiger partial charge < -0.3 is 24.3 Å². The minimum Gasteiger partial charge on any atom is -0.391 e. The molecule has 0 aliphatic carbocycles. The van der Waals surface area contributed by atoms with E-state index in [9.17, 15) is 5.11 Å². The van der Waals surface area contributed by atoms with Crippen molar-refractivity contribution in [2.75, 3.05) is 50.1 Å². The lowest BCUT2D eigenvalue weighted by Gasteiger charge is -2.39. The summed E-state index contributed by atoms with van der Waals surface area (Å²) in [5, 5.41) is 14.1. The number of aliphatic hydroxyl groups excluding tert-OH is 1. The Morgan fingerprint density at radius 2 is 2.04 bits per heavy atom. The second kappa shape index (κ2) is 6.61. The second-order valence-electron chi connectivity index (χ2n) is 7.22. The Hall–Kier alpha value is -2.19. The summed E-state index contributed by atoms with van der Waals surface area (Å²) in [5.41, 5.74) is 0.999. The minimum atomic E-state index is -0.302. The van der Waals surface area contributed by atoms with E-state index in [-0.39, 0.29) is 12.1 Å². The van der Waals surface area contributed by atoms with E-state index in [4.69, 9.17) is 4.52 Å². The first kappa shape index (κ1) is 16.3. The first-order chi connectivity index (χ1) is 12.1. The normalized spacial score (nSPS) is 24.2. The molecule has 2 saturated heterocycles. The molecule has 2 aromatic heterocycles. The van der Waals surface area contributed by atoms with Gasteiger partial charge in [0, 0.05) is 50.3 Å². The van der Waals surface area contributed by atoms with Crippen molar-refractivity contribution >= 4 is 11.6 Å². The molecule has 2 aromatic rings. The van der Waals surface area contributed by atoms with Gasteiger partial charge in [0.05, 0.1) is 11.8 Å². The van der Waals surface area contributed by atoms with Crippen LogP contribution in [0.15, 0.2) is 29.2 Å². The summed E-state index contributed by atoms with van der Waals surface area (Å²) in [5.74, 6) is 2.21. The molecule has 4 heterocycles. The van der Waals surface area contributed by atoms with Crippen LogP contribution in [0.2, 0.25) is 0 Å². The Kier molecular flexibility index (Phi) is 4.30. The molecule has 0 radical (unpaired) electrons. The van der Waals surface area contributed by atoms with Gasteiger partial charge in [-0.15, -0.1) is 0 Å². The van der Waals surface area contributed by atoms with Gasteiger partial charge in [0.25, 0.3) is 0 Å². The van der Waals surface area contributed by atoms with Crippen molar-refractivity contribution in [1.29, 1.82) is 0 Å². The van der Waals surface area contributed by atoms with Crippen LogP contribution in [-0.2, 0) is 0 Å². The molecule has 8 nitrogen and oxygen atoms in total. The first-order valence-electron chi connectivity index (χ1n) is 8.67. The Labute approximate surface area is 147 Å². The van der Waals surface area contributed by atoms with Crippen LogP contribution in [0.3, 0.4) is 0 Å². The Morgan fingerprint density at radius 3 is 2.76 bits per heavy atom. The lowest BCUT2D eigenvalue weighted by molar-refractivity contribution is 0.191. The zero-order valence-electron chi connectivity index (χ0n) is 14.6. The maximum Gasteiger partial charge on any atom is 0.134 e. The maximum atomic E-state index is 10.1. The number of hydrogen-bond acceptors (Lipinski definition) is 8. The fourth-order valence-corrected chi connectivity index (χ4v) is 3.72. The highest BCUT2D eigenvalue weighted by molar-refractivity contribution is 5.53. The molecule has 0 aromatic carbocycles. The predicted molar refractivity (Wildman–Crippen MR) is 93.8 cm³/mol. The number of aromatic nitrogens is 3. The standard InChI is InChI=1S/C17H24N6O2/c1-21(2)9-13-5-14(24)10-23(13)17-6-16(18-11-19-17)22-7-12(8-22)15-3-4-25-20-15/h3-4,6,11-14,24H,5,7-10H2,1-2H3/t13-,14-/m1/s1. The fraction of sp³-hybridized carbons (Fsp3) is 0.588. The molecule has 0 bridgehead atoms. The molecule has 0 amide bonds. The third-order valence-corrected chi connectivity index (χ3v) is 4.98. The van der Waals surface area contributed by atoms with Gasteiger partial charge in [-0.2, -0.15) is 0 Å². The van der Waals surface area contributed by atoms with Crippen molar-refractivity contribution in [1.82, 2.24) is 20.0 Å². The number of nitrogens with zero attached hydrogens (tertiary/aromatic N) is 6. The summed E-state index contributed by atoms with van der Waals surface area (Å²) in [7, 11) is 4.11. The van der Waals surface area contributed by atoms with Gasteiger partial charge in [-0.05, 0) is 20.5 Å². The topological polar surface area (TPSA) is 81.8 Å². The molecule has 8 heteroatoms. The molecule has 25 heavy (non-hydrogen) atoms. The third kappa shape index (κ3) is 3.32. The zero-order chi connectivity index (χ0) is 17.4. The van der Waals surface area contributed by atoms with E-state index in [1.54, 1.807) is 12.6 Å². The third-order valence-electron chi connectivity index (χ3n) is 4.98. The minimum absolute atomic E-state index is 0.270. The molecule has 0 spiro atoms. The summed E-state index contributed by atoms with van der Waals surface area (Å²) in [6.45, 7) is 3.28. The van der Waals surface area contributed by atoms with Crippen LogP contribution in [0.4, 0.5) is 11.6 Å². The molecule has 0 saturated carbocycles. The summed E-state index contributed by atoms with van der Waals surface area (Å²) in [6.07, 6.45) is 3.70. The SMILES string of the molecule is CN(C)C[C@H]1C[C@@H](O)CN1c1cc(N2CC(c3ccon3)C2)ncn1. The van der Waals surface area contributed by atoms with Crippen LogP contribution in [0, 0.1) is 0 Å². The molecule has 1 N–H and O–H groups in total. The van der Waals surface area contributed by atoms with Crippen molar-refractivity contribution in [2.24, 2.45) is 0 Å². The van der Waals surface area contributed by atoms with Crippen molar-refractivity contribution < 1.29 is 9.63 Å². The predicted octanol–water partition coefficient (Wildman–Crippen LogP) is 0.570. The number of rotatable bonds is 5. The summed E-state index contributed by atoms with van der Waals surface area (Å²) >= 11 is 0. The zero-order valence-corrected chi connectivity index (χ0v) is 14.6. The van der Waals surface area contributed by atoms with E-state index in [0.29, 0.717) is 12.5 Å². The molecule has 2 fully saturated rings. The molecule has 2 atom stereocenters. The largest absolute Gasteiger partial charge is 0.391 e. The van der Waals surface area contributed by atoms with Crippen molar-refractivity contribution in [3.05, 3.63) is 30.4 Å². The molecule has 0 unspecified atom stereocenters. The van der Waals surface area contributed by atoms with Gasteiger partial charge in [-0.3, -0.25) is 0 Å². The van der Waals surface area contributed by atoms with Crippen molar-refractivity contribution in [2.45, 2.75) is 24.5 Å². The van der Waals surface area contributed by atoms with Gasteiger partial charge in [0.1, 0.15) is 24.2 Å². The van der Waals surface area contributed by atoms with Gasteiger partial charge in [-0.1, -0.05) is 5.16 Å². The van der Waals surface area contributed by atoms with Crippen molar-refractivity contribution in [3.63, 3.8) is 0 Å². The van der Waals surface area contributed by atoms with E-state index < -0.39 is 0 Å². The van der Waals surface area contributed by atoms with Crippen LogP contribution < -0.4 is 9.80 Å². The molecule has 2 aliphatic heterocycles. The van der Waals surface area contributed by atoms with E-state index in [2.05, 4.69) is 43.9 Å². The highest BCUT2D eigenvalue weighted by Crippen LogP contribution is 2.32. The molecular formula is C17H24N6O2. The smallest absolute Gasteiger partial charge is 0.134 e. The van der Waals surface area contributed by atoms with Gasteiger partial charge in [0.2, 0.25) is 0 Å². The lowest BCUT2D eigenvalue weighted by atomic mass is 9.96. The van der Waals surface area contributed by atoms with E-state index in [1.807, 2.05) is 12.1 Å². The molecule has 134 valence electrons. The van der Waals surface area contributed by atoms with Gasteiger partial charge >= 0.3 is 0 Å². The highest BCUT2D eigenvalue weighted by atomic mass is 16.5. The van der Waals surface area contributed by atoms with Crippen LogP contribution in [-0.4, -0.2) is 77.6 Å². The van der Waals surface area contributed by atoms with E-state index in [0.717, 1.165) is 43.4 Å². The number of hydrogen-bond donors (Lipinski definition) is 1. The van der Waals surface area contributed by atoms with E-state index in [1.165, 1.54) is 0 Å². The number of aliphatic hydroxyl groups is 1. The fourth-order valence-electron chi connectivity index (χ4n) is 3.72. The highest BCUT2D eigenvalue weighted by Gasteiger charge is 2.34. The number of β-amino-alcohol motifs (C(OH)–C–C–N with tert-alkyl or cyclic N) is 1. The average molecular weight is 344 g/mol. The average Bonchev–Trinajstić information content (AvgIpc) is 3.16. The number of anilines is 2. The molecule has 2 aliphatic rings. The monoisotopic (exact) mass is 344 g/mol.